The molecule has 0 radical (unpaired) electrons. The van der Waals surface area contributed by atoms with Gasteiger partial charge in [0.1, 0.15) is 5.82 Å². The standard InChI is InChI=1S/C22H23Cl2FN2O/c1-15-13-27(22(28)10-6-17-5-9-20(23)21(24)11-17)16(2)12-26(15)14-18-3-7-19(25)8-4-18/h3-11,15-16H,12-14H2,1-2H3/t15-,16+/m0/s1. The average molecular weight is 421 g/mol. The van der Waals surface area contributed by atoms with Crippen LogP contribution in [-0.2, 0) is 11.3 Å². The zero-order chi connectivity index (χ0) is 20.3. The van der Waals surface area contributed by atoms with Crippen molar-refractivity contribution in [3.63, 3.8) is 0 Å². The Bertz CT molecular complexity index is 869. The SMILES string of the molecule is C[C@@H]1CN(Cc2ccc(F)cc2)[C@@H](C)CN1C(=O)C=Cc1ccc(Cl)c(Cl)c1. The Kier molecular flexibility index (Phi) is 6.76. The van der Waals surface area contributed by atoms with Gasteiger partial charge in [0.2, 0.25) is 5.91 Å². The van der Waals surface area contributed by atoms with Crippen molar-refractivity contribution in [3.05, 3.63) is 75.5 Å². The maximum absolute atomic E-state index is 13.1. The maximum Gasteiger partial charge on any atom is 0.246 e. The number of rotatable bonds is 4. The van der Waals surface area contributed by atoms with E-state index < -0.39 is 0 Å². The van der Waals surface area contributed by atoms with Gasteiger partial charge in [-0.05, 0) is 55.3 Å². The first-order valence-corrected chi connectivity index (χ1v) is 10.0. The molecule has 3 nitrogen and oxygen atoms in total. The minimum Gasteiger partial charge on any atom is -0.334 e. The molecule has 28 heavy (non-hydrogen) atoms. The molecule has 1 aliphatic rings. The number of piperazine rings is 1. The summed E-state index contributed by atoms with van der Waals surface area (Å²) >= 11 is 11.9. The fraction of sp³-hybridized carbons (Fsp3) is 0.318. The quantitative estimate of drug-likeness (QED) is 0.629. The van der Waals surface area contributed by atoms with Gasteiger partial charge in [-0.15, -0.1) is 0 Å². The Morgan fingerprint density at radius 1 is 1.07 bits per heavy atom. The summed E-state index contributed by atoms with van der Waals surface area (Å²) in [6.45, 7) is 6.32. The number of benzene rings is 2. The third kappa shape index (κ3) is 5.13. The molecule has 1 saturated heterocycles. The van der Waals surface area contributed by atoms with Crippen LogP contribution in [0.5, 0.6) is 0 Å². The lowest BCUT2D eigenvalue weighted by Gasteiger charge is -2.44. The predicted octanol–water partition coefficient (Wildman–Crippen LogP) is 5.27. The Labute approximate surface area is 175 Å². The van der Waals surface area contributed by atoms with Crippen LogP contribution in [0.4, 0.5) is 4.39 Å². The van der Waals surface area contributed by atoms with E-state index in [2.05, 4.69) is 18.7 Å². The highest BCUT2D eigenvalue weighted by atomic mass is 35.5. The van der Waals surface area contributed by atoms with Crippen LogP contribution < -0.4 is 0 Å². The lowest BCUT2D eigenvalue weighted by atomic mass is 10.1. The highest BCUT2D eigenvalue weighted by molar-refractivity contribution is 6.42. The van der Waals surface area contributed by atoms with Crippen molar-refractivity contribution >= 4 is 35.2 Å². The fourth-order valence-electron chi connectivity index (χ4n) is 3.43. The van der Waals surface area contributed by atoms with Crippen molar-refractivity contribution < 1.29 is 9.18 Å². The molecule has 0 aromatic heterocycles. The molecule has 0 spiro atoms. The third-order valence-electron chi connectivity index (χ3n) is 5.06. The van der Waals surface area contributed by atoms with Gasteiger partial charge in [-0.25, -0.2) is 4.39 Å². The Balaban J connectivity index is 1.62. The van der Waals surface area contributed by atoms with Crippen molar-refractivity contribution in [2.45, 2.75) is 32.5 Å². The predicted molar refractivity (Wildman–Crippen MR) is 113 cm³/mol. The zero-order valence-corrected chi connectivity index (χ0v) is 17.4. The molecule has 148 valence electrons. The molecule has 0 aliphatic carbocycles. The highest BCUT2D eigenvalue weighted by Gasteiger charge is 2.30. The summed E-state index contributed by atoms with van der Waals surface area (Å²) in [6.07, 6.45) is 3.34. The van der Waals surface area contributed by atoms with Gasteiger partial charge in [0.05, 0.1) is 10.0 Å². The second kappa shape index (κ2) is 9.08. The van der Waals surface area contributed by atoms with E-state index in [4.69, 9.17) is 23.2 Å². The zero-order valence-electron chi connectivity index (χ0n) is 15.9. The first-order valence-electron chi connectivity index (χ1n) is 9.25. The number of hydrogen-bond donors (Lipinski definition) is 0. The van der Waals surface area contributed by atoms with E-state index in [0.29, 0.717) is 16.6 Å². The van der Waals surface area contributed by atoms with Crippen LogP contribution in [0.3, 0.4) is 0 Å². The summed E-state index contributed by atoms with van der Waals surface area (Å²) in [5.41, 5.74) is 1.90. The van der Waals surface area contributed by atoms with Gasteiger partial charge in [0.15, 0.2) is 0 Å². The van der Waals surface area contributed by atoms with Crippen LogP contribution in [-0.4, -0.2) is 40.9 Å². The molecule has 6 heteroatoms. The van der Waals surface area contributed by atoms with Crippen molar-refractivity contribution in [1.82, 2.24) is 9.80 Å². The van der Waals surface area contributed by atoms with Gasteiger partial charge < -0.3 is 4.90 Å². The minimum atomic E-state index is -0.227. The van der Waals surface area contributed by atoms with Gasteiger partial charge in [-0.3, -0.25) is 9.69 Å². The molecule has 2 aromatic carbocycles. The molecule has 0 N–H and O–H groups in total. The van der Waals surface area contributed by atoms with E-state index in [0.717, 1.165) is 24.2 Å². The summed E-state index contributed by atoms with van der Waals surface area (Å²) in [7, 11) is 0. The second-order valence-corrected chi connectivity index (χ2v) is 8.07. The van der Waals surface area contributed by atoms with Crippen molar-refractivity contribution in [1.29, 1.82) is 0 Å². The van der Waals surface area contributed by atoms with Gasteiger partial charge in [0, 0.05) is 37.8 Å². The average Bonchev–Trinajstić information content (AvgIpc) is 2.67. The lowest BCUT2D eigenvalue weighted by molar-refractivity contribution is -0.131. The Hall–Kier alpha value is -1.88. The lowest BCUT2D eigenvalue weighted by Crippen LogP contribution is -2.57. The van der Waals surface area contributed by atoms with Gasteiger partial charge in [0.25, 0.3) is 0 Å². The Morgan fingerprint density at radius 3 is 2.46 bits per heavy atom. The minimum absolute atomic E-state index is 0.0214. The summed E-state index contributed by atoms with van der Waals surface area (Å²) in [5, 5.41) is 0.956. The number of amides is 1. The monoisotopic (exact) mass is 420 g/mol. The largest absolute Gasteiger partial charge is 0.334 e. The summed E-state index contributed by atoms with van der Waals surface area (Å²) in [4.78, 5) is 16.9. The molecule has 2 aromatic rings. The third-order valence-corrected chi connectivity index (χ3v) is 5.80. The summed E-state index contributed by atoms with van der Waals surface area (Å²) in [5.74, 6) is -0.249. The molecule has 1 heterocycles. The van der Waals surface area contributed by atoms with E-state index in [1.807, 2.05) is 23.1 Å². The van der Waals surface area contributed by atoms with E-state index in [9.17, 15) is 9.18 Å². The van der Waals surface area contributed by atoms with Crippen LogP contribution in [0.15, 0.2) is 48.5 Å². The summed E-state index contributed by atoms with van der Waals surface area (Å²) in [6, 6.07) is 12.2. The number of halogens is 3. The fourth-order valence-corrected chi connectivity index (χ4v) is 3.74. The summed E-state index contributed by atoms with van der Waals surface area (Å²) < 4.78 is 13.1. The van der Waals surface area contributed by atoms with Crippen LogP contribution in [0, 0.1) is 5.82 Å². The molecule has 0 bridgehead atoms. The van der Waals surface area contributed by atoms with Gasteiger partial charge in [-0.2, -0.15) is 0 Å². The number of carbonyl (C=O) groups is 1. The molecular formula is C22H23Cl2FN2O. The number of hydrogen-bond acceptors (Lipinski definition) is 2. The molecule has 2 atom stereocenters. The highest BCUT2D eigenvalue weighted by Crippen LogP contribution is 2.23. The van der Waals surface area contributed by atoms with E-state index in [1.165, 1.54) is 12.1 Å². The number of carbonyl (C=O) groups excluding carboxylic acids is 1. The van der Waals surface area contributed by atoms with Gasteiger partial charge in [-0.1, -0.05) is 41.4 Å². The topological polar surface area (TPSA) is 23.6 Å². The van der Waals surface area contributed by atoms with Crippen LogP contribution in [0.25, 0.3) is 6.08 Å². The van der Waals surface area contributed by atoms with Crippen molar-refractivity contribution in [3.8, 4) is 0 Å². The molecule has 1 aliphatic heterocycles. The van der Waals surface area contributed by atoms with E-state index >= 15 is 0 Å². The molecule has 0 unspecified atom stereocenters. The maximum atomic E-state index is 13.1. The molecule has 0 saturated carbocycles. The van der Waals surface area contributed by atoms with Crippen molar-refractivity contribution in [2.75, 3.05) is 13.1 Å². The van der Waals surface area contributed by atoms with Crippen LogP contribution in [0.2, 0.25) is 10.0 Å². The molecular weight excluding hydrogens is 398 g/mol. The Morgan fingerprint density at radius 2 is 1.79 bits per heavy atom. The smallest absolute Gasteiger partial charge is 0.246 e. The van der Waals surface area contributed by atoms with Crippen molar-refractivity contribution in [2.24, 2.45) is 0 Å². The first-order chi connectivity index (χ1) is 13.3. The van der Waals surface area contributed by atoms with E-state index in [1.54, 1.807) is 24.3 Å². The molecule has 1 fully saturated rings. The normalized spacial score (nSPS) is 20.7. The second-order valence-electron chi connectivity index (χ2n) is 7.25. The van der Waals surface area contributed by atoms with Gasteiger partial charge >= 0.3 is 0 Å². The first kappa shape index (κ1) is 20.8. The van der Waals surface area contributed by atoms with Crippen LogP contribution >= 0.6 is 23.2 Å². The molecule has 1 amide bonds. The van der Waals surface area contributed by atoms with Crippen LogP contribution in [0.1, 0.15) is 25.0 Å². The number of nitrogens with zero attached hydrogens (tertiary/aromatic N) is 2. The molecule has 3 rings (SSSR count). The van der Waals surface area contributed by atoms with E-state index in [-0.39, 0.29) is 23.8 Å².